The molecule has 0 fully saturated rings. The van der Waals surface area contributed by atoms with Gasteiger partial charge in [0.2, 0.25) is 0 Å². The number of pyridine rings is 1. The van der Waals surface area contributed by atoms with Crippen LogP contribution in [0, 0.1) is 0 Å². The number of hydrogen-bond acceptors (Lipinski definition) is 3. The van der Waals surface area contributed by atoms with E-state index in [1.165, 1.54) is 0 Å². The summed E-state index contributed by atoms with van der Waals surface area (Å²) in [6.45, 7) is 2.21. The number of ether oxygens (including phenoxy) is 1. The highest BCUT2D eigenvalue weighted by molar-refractivity contribution is 9.10. The molecular formula is C14H14BrNO2. The van der Waals surface area contributed by atoms with Crippen LogP contribution >= 0.6 is 15.9 Å². The van der Waals surface area contributed by atoms with Crippen LogP contribution in [0.4, 0.5) is 0 Å². The Morgan fingerprint density at radius 3 is 3.06 bits per heavy atom. The molecule has 1 unspecified atom stereocenters. The van der Waals surface area contributed by atoms with Gasteiger partial charge in [0.05, 0.1) is 6.61 Å². The van der Waals surface area contributed by atoms with Crippen molar-refractivity contribution in [1.82, 2.24) is 4.98 Å². The molecule has 1 atom stereocenters. The highest BCUT2D eigenvalue weighted by Crippen LogP contribution is 2.21. The van der Waals surface area contributed by atoms with Crippen molar-refractivity contribution >= 4 is 32.7 Å². The molecule has 0 aliphatic rings. The SMILES string of the molecule is CCOC(=O)C(Br)Cc1cccc2ccncc12. The van der Waals surface area contributed by atoms with Crippen LogP contribution in [-0.4, -0.2) is 22.4 Å². The lowest BCUT2D eigenvalue weighted by Crippen LogP contribution is -2.19. The molecule has 18 heavy (non-hydrogen) atoms. The van der Waals surface area contributed by atoms with Crippen LogP contribution in [0.3, 0.4) is 0 Å². The van der Waals surface area contributed by atoms with Crippen molar-refractivity contribution in [2.45, 2.75) is 18.2 Å². The smallest absolute Gasteiger partial charge is 0.320 e. The number of alkyl halides is 1. The standard InChI is InChI=1S/C14H14BrNO2/c1-2-18-14(17)13(15)8-11-5-3-4-10-6-7-16-9-12(10)11/h3-7,9,13H,2,8H2,1H3. The Hall–Kier alpha value is -1.42. The molecule has 0 aliphatic carbocycles. The van der Waals surface area contributed by atoms with E-state index in [4.69, 9.17) is 4.74 Å². The van der Waals surface area contributed by atoms with Crippen molar-refractivity contribution in [3.05, 3.63) is 42.2 Å². The summed E-state index contributed by atoms with van der Waals surface area (Å²) in [6.07, 6.45) is 4.19. The summed E-state index contributed by atoms with van der Waals surface area (Å²) in [6, 6.07) is 8.00. The van der Waals surface area contributed by atoms with Gasteiger partial charge in [-0.05, 0) is 30.4 Å². The topological polar surface area (TPSA) is 39.2 Å². The summed E-state index contributed by atoms with van der Waals surface area (Å²) in [4.78, 5) is 15.4. The number of rotatable bonds is 4. The minimum absolute atomic E-state index is 0.224. The van der Waals surface area contributed by atoms with Gasteiger partial charge >= 0.3 is 5.97 Å². The van der Waals surface area contributed by atoms with Crippen molar-refractivity contribution < 1.29 is 9.53 Å². The predicted molar refractivity (Wildman–Crippen MR) is 74.8 cm³/mol. The average molecular weight is 308 g/mol. The van der Waals surface area contributed by atoms with Crippen molar-refractivity contribution in [1.29, 1.82) is 0 Å². The van der Waals surface area contributed by atoms with Gasteiger partial charge in [0.25, 0.3) is 0 Å². The quantitative estimate of drug-likeness (QED) is 0.643. The molecule has 1 heterocycles. The fourth-order valence-electron chi connectivity index (χ4n) is 1.86. The summed E-state index contributed by atoms with van der Waals surface area (Å²) in [5.74, 6) is -0.224. The lowest BCUT2D eigenvalue weighted by atomic mass is 10.0. The number of halogens is 1. The number of hydrogen-bond donors (Lipinski definition) is 0. The molecule has 0 aliphatic heterocycles. The van der Waals surface area contributed by atoms with E-state index < -0.39 is 0 Å². The van der Waals surface area contributed by atoms with Gasteiger partial charge in [-0.3, -0.25) is 9.78 Å². The maximum absolute atomic E-state index is 11.6. The van der Waals surface area contributed by atoms with E-state index >= 15 is 0 Å². The average Bonchev–Trinajstić information content (AvgIpc) is 2.39. The number of esters is 1. The molecule has 0 amide bonds. The number of nitrogens with zero attached hydrogens (tertiary/aromatic N) is 1. The van der Waals surface area contributed by atoms with E-state index in [1.807, 2.05) is 30.5 Å². The fraction of sp³-hybridized carbons (Fsp3) is 0.286. The molecule has 0 N–H and O–H groups in total. The van der Waals surface area contributed by atoms with Crippen molar-refractivity contribution in [3.63, 3.8) is 0 Å². The first kappa shape index (κ1) is 13.0. The summed E-state index contributed by atoms with van der Waals surface area (Å²) in [5, 5.41) is 2.21. The zero-order chi connectivity index (χ0) is 13.0. The van der Waals surface area contributed by atoms with Gasteiger partial charge in [-0.2, -0.15) is 0 Å². The van der Waals surface area contributed by atoms with E-state index in [2.05, 4.69) is 20.9 Å². The number of benzene rings is 1. The van der Waals surface area contributed by atoms with Gasteiger partial charge in [0.15, 0.2) is 0 Å². The van der Waals surface area contributed by atoms with Crippen LogP contribution in [0.2, 0.25) is 0 Å². The van der Waals surface area contributed by atoms with E-state index in [9.17, 15) is 4.79 Å². The number of carbonyl (C=O) groups excluding carboxylic acids is 1. The van der Waals surface area contributed by atoms with Crippen LogP contribution in [0.5, 0.6) is 0 Å². The van der Waals surface area contributed by atoms with Crippen LogP contribution in [0.25, 0.3) is 10.8 Å². The highest BCUT2D eigenvalue weighted by atomic mass is 79.9. The number of carbonyl (C=O) groups is 1. The zero-order valence-electron chi connectivity index (χ0n) is 10.1. The Morgan fingerprint density at radius 2 is 2.28 bits per heavy atom. The normalized spacial score (nSPS) is 12.3. The van der Waals surface area contributed by atoms with Crippen molar-refractivity contribution in [3.8, 4) is 0 Å². The molecule has 2 rings (SSSR count). The zero-order valence-corrected chi connectivity index (χ0v) is 11.7. The van der Waals surface area contributed by atoms with Gasteiger partial charge in [-0.25, -0.2) is 0 Å². The molecule has 0 saturated carbocycles. The van der Waals surface area contributed by atoms with Gasteiger partial charge in [-0.15, -0.1) is 0 Å². The second kappa shape index (κ2) is 5.96. The van der Waals surface area contributed by atoms with Crippen LogP contribution in [0.1, 0.15) is 12.5 Å². The maximum atomic E-state index is 11.6. The second-order valence-electron chi connectivity index (χ2n) is 3.94. The minimum Gasteiger partial charge on any atom is -0.465 e. The third kappa shape index (κ3) is 2.88. The molecular weight excluding hydrogens is 294 g/mol. The largest absolute Gasteiger partial charge is 0.465 e. The van der Waals surface area contributed by atoms with Crippen LogP contribution in [0.15, 0.2) is 36.7 Å². The Bertz CT molecular complexity index is 551. The van der Waals surface area contributed by atoms with E-state index in [-0.39, 0.29) is 10.8 Å². The summed E-state index contributed by atoms with van der Waals surface area (Å²) >= 11 is 3.37. The molecule has 3 nitrogen and oxygen atoms in total. The molecule has 0 saturated heterocycles. The number of aromatic nitrogens is 1. The molecule has 0 spiro atoms. The lowest BCUT2D eigenvalue weighted by Gasteiger charge is -2.10. The molecule has 1 aromatic carbocycles. The van der Waals surface area contributed by atoms with Crippen LogP contribution in [-0.2, 0) is 16.0 Å². The summed E-state index contributed by atoms with van der Waals surface area (Å²) in [7, 11) is 0. The third-order valence-corrected chi connectivity index (χ3v) is 3.41. The lowest BCUT2D eigenvalue weighted by molar-refractivity contribution is -0.142. The Kier molecular flexibility index (Phi) is 4.31. The van der Waals surface area contributed by atoms with Crippen LogP contribution < -0.4 is 0 Å². The molecule has 2 aromatic rings. The second-order valence-corrected chi connectivity index (χ2v) is 5.04. The molecule has 4 heteroatoms. The first-order valence-electron chi connectivity index (χ1n) is 5.84. The van der Waals surface area contributed by atoms with Crippen molar-refractivity contribution in [2.24, 2.45) is 0 Å². The van der Waals surface area contributed by atoms with E-state index in [1.54, 1.807) is 13.1 Å². The minimum atomic E-state index is -0.316. The Morgan fingerprint density at radius 1 is 1.44 bits per heavy atom. The van der Waals surface area contributed by atoms with E-state index in [0.717, 1.165) is 16.3 Å². The molecule has 1 aromatic heterocycles. The molecule has 94 valence electrons. The number of fused-ring (bicyclic) bond motifs is 1. The first-order chi connectivity index (χ1) is 8.72. The summed E-state index contributed by atoms with van der Waals surface area (Å²) < 4.78 is 4.99. The monoisotopic (exact) mass is 307 g/mol. The predicted octanol–water partition coefficient (Wildman–Crippen LogP) is 3.10. The van der Waals surface area contributed by atoms with Gasteiger partial charge < -0.3 is 4.74 Å². The maximum Gasteiger partial charge on any atom is 0.320 e. The fourth-order valence-corrected chi connectivity index (χ4v) is 2.34. The van der Waals surface area contributed by atoms with Gasteiger partial charge in [0.1, 0.15) is 4.83 Å². The Labute approximate surface area is 114 Å². The first-order valence-corrected chi connectivity index (χ1v) is 6.76. The van der Waals surface area contributed by atoms with E-state index in [0.29, 0.717) is 13.0 Å². The molecule has 0 bridgehead atoms. The summed E-state index contributed by atoms with van der Waals surface area (Å²) in [5.41, 5.74) is 1.09. The third-order valence-electron chi connectivity index (χ3n) is 2.72. The van der Waals surface area contributed by atoms with Crippen molar-refractivity contribution in [2.75, 3.05) is 6.61 Å². The Balaban J connectivity index is 2.24. The van der Waals surface area contributed by atoms with Gasteiger partial charge in [-0.1, -0.05) is 34.1 Å². The van der Waals surface area contributed by atoms with Gasteiger partial charge in [0, 0.05) is 17.8 Å². The highest BCUT2D eigenvalue weighted by Gasteiger charge is 2.17. The molecule has 0 radical (unpaired) electrons.